The van der Waals surface area contributed by atoms with Gasteiger partial charge < -0.3 is 31.1 Å². The number of Topliss-reactive ketones (excluding diaryl/α,β-unsaturated/α-hetero) is 1. The second-order valence-electron chi connectivity index (χ2n) is 8.72. The average Bonchev–Trinajstić information content (AvgIpc) is 2.88. The molecule has 14 heteroatoms. The molecule has 3 rings (SSSR count). The first kappa shape index (κ1) is 36.4. The van der Waals surface area contributed by atoms with Crippen LogP contribution in [0.3, 0.4) is 0 Å². The molecular weight excluding hydrogens is 564 g/mol. The summed E-state index contributed by atoms with van der Waals surface area (Å²) in [5.74, 6) is -0.720. The van der Waals surface area contributed by atoms with Gasteiger partial charge in [-0.25, -0.2) is 4.39 Å². The number of carboxylic acid groups (broad SMARTS) is 1. The van der Waals surface area contributed by atoms with Crippen LogP contribution in [0.4, 0.5) is 10.1 Å². The molecule has 0 unspecified atom stereocenters. The number of nitrogens with zero attached hydrogens (tertiary/aromatic N) is 4. The van der Waals surface area contributed by atoms with Crippen molar-refractivity contribution in [2.75, 3.05) is 58.3 Å². The van der Waals surface area contributed by atoms with E-state index in [1.54, 1.807) is 44.4 Å². The standard InChI is InChI=1S/C22H25FN2O4.C4H11N5.2ClH/c23-19-3-1-2-4-20(19)25-13-11-24(12-14-25)15-16-29-18-7-5-17(6-8-18)21(26)9-10-22(27)28;1-9(2)4(7)8-3(5)6;;/h1-8H,9-16H2,(H,27,28);1-2H3,(H5,5,6,7,8);2*1H. The molecule has 40 heavy (non-hydrogen) atoms. The number of halogens is 3. The maximum absolute atomic E-state index is 13.9. The van der Waals surface area contributed by atoms with Gasteiger partial charge in [0.15, 0.2) is 11.7 Å². The number of aliphatic imine (C=N–C) groups is 1. The van der Waals surface area contributed by atoms with Gasteiger partial charge in [-0.3, -0.25) is 19.9 Å². The molecule has 1 fully saturated rings. The molecule has 1 aliphatic rings. The number of carbonyl (C=O) groups is 2. The van der Waals surface area contributed by atoms with Crippen molar-refractivity contribution in [3.05, 3.63) is 59.9 Å². The van der Waals surface area contributed by atoms with Crippen LogP contribution >= 0.6 is 24.8 Å². The lowest BCUT2D eigenvalue weighted by Crippen LogP contribution is -2.47. The Bertz CT molecular complexity index is 1110. The molecule has 1 heterocycles. The number of guanidine groups is 2. The van der Waals surface area contributed by atoms with Gasteiger partial charge in [0.1, 0.15) is 18.2 Å². The van der Waals surface area contributed by atoms with Gasteiger partial charge in [0.2, 0.25) is 5.96 Å². The van der Waals surface area contributed by atoms with Crippen LogP contribution in [0.2, 0.25) is 0 Å². The number of carbonyl (C=O) groups excluding carboxylic acids is 1. The van der Waals surface area contributed by atoms with Crippen molar-refractivity contribution in [1.82, 2.24) is 9.80 Å². The van der Waals surface area contributed by atoms with Crippen LogP contribution in [0.15, 0.2) is 53.5 Å². The van der Waals surface area contributed by atoms with Gasteiger partial charge in [0.05, 0.1) is 12.1 Å². The zero-order valence-electron chi connectivity index (χ0n) is 22.6. The third kappa shape index (κ3) is 13.0. The van der Waals surface area contributed by atoms with Crippen LogP contribution in [-0.2, 0) is 4.79 Å². The van der Waals surface area contributed by atoms with Crippen LogP contribution in [-0.4, -0.2) is 92.0 Å². The van der Waals surface area contributed by atoms with Crippen molar-refractivity contribution in [2.45, 2.75) is 12.8 Å². The average molecular weight is 603 g/mol. The van der Waals surface area contributed by atoms with E-state index >= 15 is 0 Å². The number of carboxylic acids is 1. The van der Waals surface area contributed by atoms with Crippen molar-refractivity contribution in [1.29, 1.82) is 5.41 Å². The number of aliphatic carboxylic acids is 1. The topological polar surface area (TPSA) is 162 Å². The first-order chi connectivity index (χ1) is 18.1. The van der Waals surface area contributed by atoms with Crippen molar-refractivity contribution in [3.8, 4) is 5.75 Å². The van der Waals surface area contributed by atoms with Gasteiger partial charge in [-0.1, -0.05) is 12.1 Å². The number of hydrogen-bond donors (Lipinski definition) is 4. The van der Waals surface area contributed by atoms with E-state index in [1.807, 2.05) is 12.1 Å². The number of anilines is 1. The summed E-state index contributed by atoms with van der Waals surface area (Å²) in [6.07, 6.45) is -0.171. The van der Waals surface area contributed by atoms with E-state index in [2.05, 4.69) is 14.8 Å². The lowest BCUT2D eigenvalue weighted by Gasteiger charge is -2.36. The van der Waals surface area contributed by atoms with Gasteiger partial charge in [-0.2, -0.15) is 4.99 Å². The smallest absolute Gasteiger partial charge is 0.303 e. The molecule has 2 aromatic carbocycles. The zero-order chi connectivity index (χ0) is 28.1. The first-order valence-electron chi connectivity index (χ1n) is 12.1. The Balaban J connectivity index is 0.00000120. The normalized spacial score (nSPS) is 12.4. The molecule has 11 nitrogen and oxygen atoms in total. The minimum absolute atomic E-state index is 0. The van der Waals surface area contributed by atoms with Crippen molar-refractivity contribution in [2.24, 2.45) is 16.5 Å². The Hall–Kier alpha value is -3.61. The fraction of sp³-hybridized carbons (Fsp3) is 0.385. The molecule has 6 N–H and O–H groups in total. The van der Waals surface area contributed by atoms with E-state index in [-0.39, 0.29) is 61.2 Å². The maximum Gasteiger partial charge on any atom is 0.303 e. The third-order valence-corrected chi connectivity index (χ3v) is 5.64. The highest BCUT2D eigenvalue weighted by Crippen LogP contribution is 2.20. The van der Waals surface area contributed by atoms with E-state index in [9.17, 15) is 14.0 Å². The number of nitrogens with two attached hydrogens (primary N) is 2. The maximum atomic E-state index is 13.9. The molecule has 222 valence electrons. The van der Waals surface area contributed by atoms with Gasteiger partial charge in [-0.05, 0) is 36.4 Å². The van der Waals surface area contributed by atoms with E-state index in [1.165, 1.54) is 11.0 Å². The zero-order valence-corrected chi connectivity index (χ0v) is 24.2. The Morgan fingerprint density at radius 3 is 2.12 bits per heavy atom. The predicted octanol–water partition coefficient (Wildman–Crippen LogP) is 2.67. The molecule has 0 aromatic heterocycles. The Labute approximate surface area is 246 Å². The summed E-state index contributed by atoms with van der Waals surface area (Å²) in [5, 5.41) is 15.7. The van der Waals surface area contributed by atoms with Crippen LogP contribution in [0.25, 0.3) is 0 Å². The van der Waals surface area contributed by atoms with Crippen LogP contribution in [0, 0.1) is 11.2 Å². The van der Waals surface area contributed by atoms with Crippen molar-refractivity contribution < 1.29 is 23.8 Å². The minimum Gasteiger partial charge on any atom is -0.492 e. The second kappa shape index (κ2) is 18.6. The predicted molar refractivity (Wildman–Crippen MR) is 160 cm³/mol. The van der Waals surface area contributed by atoms with Gasteiger partial charge in [0, 0.05) is 58.8 Å². The molecule has 1 saturated heterocycles. The van der Waals surface area contributed by atoms with E-state index in [0.29, 0.717) is 23.6 Å². The highest BCUT2D eigenvalue weighted by atomic mass is 35.5. The molecule has 0 amide bonds. The Kier molecular flexibility index (Phi) is 17.0. The van der Waals surface area contributed by atoms with Crippen LogP contribution in [0.1, 0.15) is 23.2 Å². The Morgan fingerprint density at radius 1 is 1.02 bits per heavy atom. The summed E-state index contributed by atoms with van der Waals surface area (Å²) in [4.78, 5) is 31.7. The number of ether oxygens (including phenoxy) is 1. The second-order valence-corrected chi connectivity index (χ2v) is 8.72. The van der Waals surface area contributed by atoms with Crippen LogP contribution in [0.5, 0.6) is 5.75 Å². The summed E-state index contributed by atoms with van der Waals surface area (Å²) in [5.41, 5.74) is 11.1. The quantitative estimate of drug-likeness (QED) is 0.192. The molecule has 0 atom stereocenters. The molecule has 2 aromatic rings. The summed E-state index contributed by atoms with van der Waals surface area (Å²) in [6.45, 7) is 4.52. The Morgan fingerprint density at radius 2 is 1.62 bits per heavy atom. The van der Waals surface area contributed by atoms with Gasteiger partial charge >= 0.3 is 5.97 Å². The fourth-order valence-corrected chi connectivity index (χ4v) is 3.54. The number of rotatable bonds is 9. The third-order valence-electron chi connectivity index (χ3n) is 5.64. The molecular formula is C26H38Cl2FN7O4. The van der Waals surface area contributed by atoms with E-state index in [0.717, 1.165) is 32.7 Å². The van der Waals surface area contributed by atoms with Gasteiger partial charge in [0.25, 0.3) is 0 Å². The lowest BCUT2D eigenvalue weighted by atomic mass is 10.1. The lowest BCUT2D eigenvalue weighted by molar-refractivity contribution is -0.136. The SMILES string of the molecule is CN(C)C(=N)N=C(N)N.Cl.Cl.O=C(O)CCC(=O)c1ccc(OCCN2CCN(c3ccccc3F)CC2)cc1. The summed E-state index contributed by atoms with van der Waals surface area (Å²) in [7, 11) is 3.38. The highest BCUT2D eigenvalue weighted by Gasteiger charge is 2.19. The fourth-order valence-electron chi connectivity index (χ4n) is 3.54. The molecule has 0 saturated carbocycles. The van der Waals surface area contributed by atoms with E-state index < -0.39 is 5.97 Å². The van der Waals surface area contributed by atoms with Crippen molar-refractivity contribution >= 4 is 54.2 Å². The number of para-hydroxylation sites is 1. The molecule has 1 aliphatic heterocycles. The number of piperazine rings is 1. The van der Waals surface area contributed by atoms with E-state index in [4.69, 9.17) is 26.7 Å². The largest absolute Gasteiger partial charge is 0.492 e. The number of benzene rings is 2. The summed E-state index contributed by atoms with van der Waals surface area (Å²) < 4.78 is 19.6. The monoisotopic (exact) mass is 601 g/mol. The molecule has 0 aliphatic carbocycles. The molecule has 0 bridgehead atoms. The molecule has 0 radical (unpaired) electrons. The molecule has 0 spiro atoms. The minimum atomic E-state index is -0.979. The van der Waals surface area contributed by atoms with Crippen molar-refractivity contribution in [3.63, 3.8) is 0 Å². The summed E-state index contributed by atoms with van der Waals surface area (Å²) >= 11 is 0. The first-order valence-corrected chi connectivity index (χ1v) is 12.1. The summed E-state index contributed by atoms with van der Waals surface area (Å²) in [6, 6.07) is 13.6. The highest BCUT2D eigenvalue weighted by molar-refractivity contribution is 5.97. The number of nitrogens with one attached hydrogen (secondary N) is 1. The van der Waals surface area contributed by atoms with Gasteiger partial charge in [-0.15, -0.1) is 24.8 Å². The van der Waals surface area contributed by atoms with Crippen LogP contribution < -0.4 is 21.1 Å². The number of ketones is 1. The number of hydrogen-bond acceptors (Lipinski definition) is 6.